The highest BCUT2D eigenvalue weighted by molar-refractivity contribution is 7.91. The van der Waals surface area contributed by atoms with Crippen molar-refractivity contribution in [1.82, 2.24) is 9.80 Å². The van der Waals surface area contributed by atoms with Crippen molar-refractivity contribution in [3.8, 4) is 0 Å². The van der Waals surface area contributed by atoms with Crippen LogP contribution in [0.5, 0.6) is 0 Å². The van der Waals surface area contributed by atoms with Gasteiger partial charge in [-0.1, -0.05) is 17.7 Å². The first-order valence-corrected chi connectivity index (χ1v) is 10.7. The number of hydrogen-bond acceptors (Lipinski definition) is 4. The molecule has 2 fully saturated rings. The highest BCUT2D eigenvalue weighted by atomic mass is 32.2. The lowest BCUT2D eigenvalue weighted by Gasteiger charge is -2.37. The van der Waals surface area contributed by atoms with Gasteiger partial charge in [0.2, 0.25) is 11.8 Å². The molecule has 0 unspecified atom stereocenters. The molecule has 0 radical (unpaired) electrons. The number of benzene rings is 1. The average molecular weight is 378 g/mol. The third-order valence-corrected chi connectivity index (χ3v) is 7.35. The van der Waals surface area contributed by atoms with E-state index in [1.807, 2.05) is 14.0 Å². The summed E-state index contributed by atoms with van der Waals surface area (Å²) < 4.78 is 24.8. The Kier molecular flexibility index (Phi) is 5.10. The first kappa shape index (κ1) is 18.9. The van der Waals surface area contributed by atoms with Crippen LogP contribution < -0.4 is 0 Å². The SMILES string of the molecule is Cc1ccc(S(=O)(=O)CCC(=O)N2CC[C@@]3(CCCN(C)C3=O)C2)cc1. The van der Waals surface area contributed by atoms with E-state index in [1.165, 1.54) is 0 Å². The minimum Gasteiger partial charge on any atom is -0.345 e. The van der Waals surface area contributed by atoms with Crippen molar-refractivity contribution < 1.29 is 18.0 Å². The van der Waals surface area contributed by atoms with Gasteiger partial charge in [0.05, 0.1) is 16.1 Å². The lowest BCUT2D eigenvalue weighted by molar-refractivity contribution is -0.144. The molecule has 7 heteroatoms. The van der Waals surface area contributed by atoms with E-state index in [4.69, 9.17) is 0 Å². The largest absolute Gasteiger partial charge is 0.345 e. The van der Waals surface area contributed by atoms with Gasteiger partial charge in [-0.15, -0.1) is 0 Å². The molecule has 142 valence electrons. The smallest absolute Gasteiger partial charge is 0.230 e. The second kappa shape index (κ2) is 7.02. The van der Waals surface area contributed by atoms with Gasteiger partial charge < -0.3 is 9.80 Å². The Hall–Kier alpha value is -1.89. The minimum absolute atomic E-state index is 0.0453. The topological polar surface area (TPSA) is 74.8 Å². The van der Waals surface area contributed by atoms with E-state index in [1.54, 1.807) is 34.1 Å². The molecule has 2 heterocycles. The summed E-state index contributed by atoms with van der Waals surface area (Å²) in [4.78, 5) is 28.7. The Morgan fingerprint density at radius 1 is 1.15 bits per heavy atom. The van der Waals surface area contributed by atoms with Crippen molar-refractivity contribution >= 4 is 21.7 Å². The van der Waals surface area contributed by atoms with Crippen LogP contribution in [0.25, 0.3) is 0 Å². The first-order valence-electron chi connectivity index (χ1n) is 9.06. The maximum atomic E-state index is 12.5. The molecule has 26 heavy (non-hydrogen) atoms. The minimum atomic E-state index is -3.48. The molecule has 2 amide bonds. The molecule has 0 saturated carbocycles. The van der Waals surface area contributed by atoms with Crippen molar-refractivity contribution in [3.05, 3.63) is 29.8 Å². The van der Waals surface area contributed by atoms with Gasteiger partial charge in [-0.3, -0.25) is 9.59 Å². The van der Waals surface area contributed by atoms with Gasteiger partial charge in [0, 0.05) is 33.1 Å². The van der Waals surface area contributed by atoms with Crippen molar-refractivity contribution in [2.45, 2.75) is 37.5 Å². The Bertz CT molecular complexity index is 803. The number of sulfone groups is 1. The van der Waals surface area contributed by atoms with Gasteiger partial charge in [0.1, 0.15) is 0 Å². The quantitative estimate of drug-likeness (QED) is 0.798. The maximum absolute atomic E-state index is 12.5. The molecule has 1 aromatic rings. The molecule has 0 N–H and O–H groups in total. The number of likely N-dealkylation sites (tertiary alicyclic amines) is 2. The van der Waals surface area contributed by atoms with Crippen LogP contribution in [0.2, 0.25) is 0 Å². The van der Waals surface area contributed by atoms with E-state index < -0.39 is 15.3 Å². The molecule has 2 aliphatic rings. The fraction of sp³-hybridized carbons (Fsp3) is 0.579. The molecule has 3 rings (SSSR count). The van der Waals surface area contributed by atoms with Gasteiger partial charge >= 0.3 is 0 Å². The lowest BCUT2D eigenvalue weighted by atomic mass is 9.78. The van der Waals surface area contributed by atoms with Crippen LogP contribution in [0, 0.1) is 12.3 Å². The van der Waals surface area contributed by atoms with Crippen LogP contribution >= 0.6 is 0 Å². The van der Waals surface area contributed by atoms with Crippen LogP contribution in [0.15, 0.2) is 29.2 Å². The first-order chi connectivity index (χ1) is 12.2. The Labute approximate surface area is 155 Å². The van der Waals surface area contributed by atoms with Crippen LogP contribution in [0.4, 0.5) is 0 Å². The Balaban J connectivity index is 1.61. The molecule has 2 saturated heterocycles. The highest BCUT2D eigenvalue weighted by Crippen LogP contribution is 2.39. The number of carbonyl (C=O) groups is 2. The Morgan fingerprint density at radius 3 is 2.54 bits per heavy atom. The molecule has 1 aromatic carbocycles. The summed E-state index contributed by atoms with van der Waals surface area (Å²) in [5.74, 6) is -0.267. The molecule has 0 bridgehead atoms. The normalized spacial score (nSPS) is 23.7. The third kappa shape index (κ3) is 3.63. The number of rotatable bonds is 4. The monoisotopic (exact) mass is 378 g/mol. The van der Waals surface area contributed by atoms with Crippen LogP contribution in [0.3, 0.4) is 0 Å². The van der Waals surface area contributed by atoms with Crippen LogP contribution in [-0.4, -0.2) is 62.5 Å². The highest BCUT2D eigenvalue weighted by Gasteiger charge is 2.48. The van der Waals surface area contributed by atoms with Crippen LogP contribution in [-0.2, 0) is 19.4 Å². The zero-order valence-electron chi connectivity index (χ0n) is 15.4. The number of hydrogen-bond donors (Lipinski definition) is 0. The number of aryl methyl sites for hydroxylation is 1. The second-order valence-electron chi connectivity index (χ2n) is 7.56. The zero-order valence-corrected chi connectivity index (χ0v) is 16.2. The van der Waals surface area contributed by atoms with E-state index in [9.17, 15) is 18.0 Å². The summed E-state index contributed by atoms with van der Waals surface area (Å²) in [5.41, 5.74) is 0.530. The van der Waals surface area contributed by atoms with E-state index in [2.05, 4.69) is 0 Å². The molecule has 0 aliphatic carbocycles. The maximum Gasteiger partial charge on any atom is 0.230 e. The summed E-state index contributed by atoms with van der Waals surface area (Å²) in [6.07, 6.45) is 2.39. The molecule has 2 aliphatic heterocycles. The number of amides is 2. The molecule has 6 nitrogen and oxygen atoms in total. The zero-order chi connectivity index (χ0) is 18.9. The van der Waals surface area contributed by atoms with Crippen molar-refractivity contribution in [1.29, 1.82) is 0 Å². The molecular weight excluding hydrogens is 352 g/mol. The van der Waals surface area contributed by atoms with Gasteiger partial charge in [-0.25, -0.2) is 8.42 Å². The summed E-state index contributed by atoms with van der Waals surface area (Å²) >= 11 is 0. The van der Waals surface area contributed by atoms with Gasteiger partial charge in [-0.2, -0.15) is 0 Å². The predicted octanol–water partition coefficient (Wildman–Crippen LogP) is 1.63. The number of carbonyl (C=O) groups excluding carboxylic acids is 2. The standard InChI is InChI=1S/C19H26N2O4S/c1-15-4-6-16(7-5-15)26(24,25)13-8-17(22)21-12-10-19(14-21)9-3-11-20(2)18(19)23/h4-7H,3,8-14H2,1-2H3/t19-/m0/s1. The van der Waals surface area contributed by atoms with Crippen molar-refractivity contribution in [2.75, 3.05) is 32.4 Å². The molecule has 0 aromatic heterocycles. The summed E-state index contributed by atoms with van der Waals surface area (Å²) in [5, 5.41) is 0. The summed E-state index contributed by atoms with van der Waals surface area (Å²) in [7, 11) is -1.67. The molecular formula is C19H26N2O4S. The lowest BCUT2D eigenvalue weighted by Crippen LogP contribution is -2.48. The molecule has 1 atom stereocenters. The second-order valence-corrected chi connectivity index (χ2v) is 9.67. The van der Waals surface area contributed by atoms with Gasteiger partial charge in [-0.05, 0) is 38.3 Å². The fourth-order valence-electron chi connectivity index (χ4n) is 3.98. The van der Waals surface area contributed by atoms with E-state index >= 15 is 0 Å². The van der Waals surface area contributed by atoms with Gasteiger partial charge in [0.15, 0.2) is 9.84 Å². The van der Waals surface area contributed by atoms with E-state index in [0.29, 0.717) is 19.5 Å². The molecule has 1 spiro atoms. The summed E-state index contributed by atoms with van der Waals surface area (Å²) in [6, 6.07) is 6.67. The third-order valence-electron chi connectivity index (χ3n) is 5.62. The number of nitrogens with zero attached hydrogens (tertiary/aromatic N) is 2. The average Bonchev–Trinajstić information content (AvgIpc) is 3.03. The summed E-state index contributed by atoms with van der Waals surface area (Å²) in [6.45, 7) is 3.61. The predicted molar refractivity (Wildman–Crippen MR) is 98.3 cm³/mol. The number of piperidine rings is 1. The van der Waals surface area contributed by atoms with Crippen LogP contribution in [0.1, 0.15) is 31.2 Å². The van der Waals surface area contributed by atoms with Gasteiger partial charge in [0.25, 0.3) is 0 Å². The fourth-order valence-corrected chi connectivity index (χ4v) is 5.20. The van der Waals surface area contributed by atoms with E-state index in [0.717, 1.165) is 24.9 Å². The van der Waals surface area contributed by atoms with Crippen molar-refractivity contribution in [3.63, 3.8) is 0 Å². The van der Waals surface area contributed by atoms with Crippen molar-refractivity contribution in [2.24, 2.45) is 5.41 Å². The van der Waals surface area contributed by atoms with E-state index in [-0.39, 0.29) is 28.9 Å². The Morgan fingerprint density at radius 2 is 1.85 bits per heavy atom.